The molecule has 25 heavy (non-hydrogen) atoms. The summed E-state index contributed by atoms with van der Waals surface area (Å²) in [6, 6.07) is 8.35. The molecule has 1 saturated heterocycles. The van der Waals surface area contributed by atoms with E-state index in [1.165, 1.54) is 5.56 Å². The monoisotopic (exact) mass is 356 g/mol. The molecule has 1 fully saturated rings. The molecule has 4 rings (SSSR count). The highest BCUT2D eigenvalue weighted by molar-refractivity contribution is 6.35. The van der Waals surface area contributed by atoms with Crippen molar-refractivity contribution in [1.82, 2.24) is 19.9 Å². The number of imidazole rings is 1. The van der Waals surface area contributed by atoms with E-state index in [9.17, 15) is 0 Å². The third kappa shape index (κ3) is 3.40. The lowest BCUT2D eigenvalue weighted by Crippen LogP contribution is -2.36. The van der Waals surface area contributed by atoms with Crippen LogP contribution in [0.15, 0.2) is 43.0 Å². The van der Waals surface area contributed by atoms with Crippen molar-refractivity contribution in [1.29, 1.82) is 0 Å². The summed E-state index contributed by atoms with van der Waals surface area (Å²) in [5, 5.41) is 5.42. The number of ether oxygens (including phenoxy) is 1. The Morgan fingerprint density at radius 1 is 1.36 bits per heavy atom. The van der Waals surface area contributed by atoms with Crippen molar-refractivity contribution in [3.8, 4) is 0 Å². The van der Waals surface area contributed by atoms with Crippen molar-refractivity contribution in [2.24, 2.45) is 7.05 Å². The van der Waals surface area contributed by atoms with E-state index in [1.807, 2.05) is 48.5 Å². The molecule has 0 saturated carbocycles. The van der Waals surface area contributed by atoms with Crippen LogP contribution in [0.25, 0.3) is 10.9 Å². The Morgan fingerprint density at radius 3 is 3.12 bits per heavy atom. The maximum Gasteiger partial charge on any atom is 0.100 e. The zero-order valence-corrected chi connectivity index (χ0v) is 14.9. The fraction of sp³-hybridized carbons (Fsp3) is 0.368. The van der Waals surface area contributed by atoms with Crippen LogP contribution in [-0.4, -0.2) is 27.2 Å². The summed E-state index contributed by atoms with van der Waals surface area (Å²) in [6.45, 7) is 1.53. The third-order valence-electron chi connectivity index (χ3n) is 4.85. The molecule has 1 N–H and O–H groups in total. The number of hydrogen-bond acceptors (Lipinski definition) is 4. The zero-order valence-electron chi connectivity index (χ0n) is 14.2. The van der Waals surface area contributed by atoms with Gasteiger partial charge >= 0.3 is 0 Å². The number of pyridine rings is 1. The van der Waals surface area contributed by atoms with Crippen molar-refractivity contribution >= 4 is 22.5 Å². The van der Waals surface area contributed by atoms with Crippen LogP contribution in [0.3, 0.4) is 0 Å². The number of rotatable bonds is 4. The molecule has 130 valence electrons. The minimum Gasteiger partial charge on any atom is -0.372 e. The molecule has 2 aromatic heterocycles. The topological polar surface area (TPSA) is 52.0 Å². The fourth-order valence-electron chi connectivity index (χ4n) is 3.46. The van der Waals surface area contributed by atoms with Gasteiger partial charge in [0.15, 0.2) is 0 Å². The molecule has 2 unspecified atom stereocenters. The summed E-state index contributed by atoms with van der Waals surface area (Å²) in [6.07, 6.45) is 7.57. The van der Waals surface area contributed by atoms with E-state index >= 15 is 0 Å². The van der Waals surface area contributed by atoms with Crippen molar-refractivity contribution in [3.05, 3.63) is 59.3 Å². The molecule has 2 atom stereocenters. The Bertz CT molecular complexity index is 879. The van der Waals surface area contributed by atoms with Gasteiger partial charge in [0.05, 0.1) is 23.7 Å². The van der Waals surface area contributed by atoms with Gasteiger partial charge in [-0.25, -0.2) is 4.98 Å². The Hall–Kier alpha value is -1.95. The van der Waals surface area contributed by atoms with E-state index < -0.39 is 0 Å². The molecule has 1 aliphatic rings. The highest BCUT2D eigenvalue weighted by Crippen LogP contribution is 2.29. The summed E-state index contributed by atoms with van der Waals surface area (Å²) in [5.74, 6) is 0. The van der Waals surface area contributed by atoms with Crippen LogP contribution in [0.5, 0.6) is 0 Å². The van der Waals surface area contributed by atoms with E-state index in [2.05, 4.69) is 21.4 Å². The van der Waals surface area contributed by atoms with E-state index in [0.717, 1.165) is 47.6 Å². The average molecular weight is 357 g/mol. The lowest BCUT2D eigenvalue weighted by molar-refractivity contribution is -0.00402. The van der Waals surface area contributed by atoms with E-state index in [4.69, 9.17) is 16.3 Å². The van der Waals surface area contributed by atoms with Crippen molar-refractivity contribution < 1.29 is 4.74 Å². The Morgan fingerprint density at radius 2 is 2.28 bits per heavy atom. The summed E-state index contributed by atoms with van der Waals surface area (Å²) in [7, 11) is 2.01. The van der Waals surface area contributed by atoms with Crippen molar-refractivity contribution in [3.63, 3.8) is 0 Å². The van der Waals surface area contributed by atoms with Gasteiger partial charge in [0, 0.05) is 42.8 Å². The minimum absolute atomic E-state index is 0.0961. The molecular formula is C19H21ClN4O. The lowest BCUT2D eigenvalue weighted by atomic mass is 10.0. The van der Waals surface area contributed by atoms with Gasteiger partial charge in [-0.15, -0.1) is 0 Å². The summed E-state index contributed by atoms with van der Waals surface area (Å²) < 4.78 is 7.97. The predicted molar refractivity (Wildman–Crippen MR) is 98.5 cm³/mol. The van der Waals surface area contributed by atoms with Gasteiger partial charge in [-0.2, -0.15) is 0 Å². The van der Waals surface area contributed by atoms with E-state index in [-0.39, 0.29) is 6.10 Å². The smallest absolute Gasteiger partial charge is 0.100 e. The van der Waals surface area contributed by atoms with Gasteiger partial charge in [-0.1, -0.05) is 17.7 Å². The number of halogens is 1. The lowest BCUT2D eigenvalue weighted by Gasteiger charge is -2.30. The molecule has 0 amide bonds. The predicted octanol–water partition coefficient (Wildman–Crippen LogP) is 3.63. The summed E-state index contributed by atoms with van der Waals surface area (Å²) >= 11 is 6.28. The van der Waals surface area contributed by atoms with Crippen LogP contribution in [0.2, 0.25) is 5.02 Å². The van der Waals surface area contributed by atoms with Gasteiger partial charge in [-0.05, 0) is 36.6 Å². The largest absolute Gasteiger partial charge is 0.372 e. The van der Waals surface area contributed by atoms with Crippen LogP contribution < -0.4 is 5.32 Å². The molecule has 3 aromatic rings. The summed E-state index contributed by atoms with van der Waals surface area (Å²) in [5.41, 5.74) is 3.27. The molecule has 0 bridgehead atoms. The van der Waals surface area contributed by atoms with Crippen molar-refractivity contribution in [2.75, 3.05) is 6.61 Å². The van der Waals surface area contributed by atoms with E-state index in [1.54, 1.807) is 0 Å². The van der Waals surface area contributed by atoms with Gasteiger partial charge in [0.2, 0.25) is 0 Å². The molecule has 6 heteroatoms. The van der Waals surface area contributed by atoms with Crippen LogP contribution in [0.4, 0.5) is 0 Å². The first-order chi connectivity index (χ1) is 12.2. The number of nitrogens with zero attached hydrogens (tertiary/aromatic N) is 3. The maximum absolute atomic E-state index is 6.28. The first kappa shape index (κ1) is 16.5. The molecule has 0 aliphatic carbocycles. The van der Waals surface area contributed by atoms with Crippen LogP contribution >= 0.6 is 11.6 Å². The maximum atomic E-state index is 6.28. The number of nitrogens with one attached hydrogen (secondary N) is 1. The minimum atomic E-state index is 0.0961. The quantitative estimate of drug-likeness (QED) is 0.775. The third-order valence-corrected chi connectivity index (χ3v) is 5.18. The van der Waals surface area contributed by atoms with Gasteiger partial charge in [-0.3, -0.25) is 4.98 Å². The Balaban J connectivity index is 1.47. The number of hydrogen-bond donors (Lipinski definition) is 1. The van der Waals surface area contributed by atoms with E-state index in [0.29, 0.717) is 6.04 Å². The fourth-order valence-corrected chi connectivity index (χ4v) is 3.67. The zero-order chi connectivity index (χ0) is 17.2. The first-order valence-corrected chi connectivity index (χ1v) is 8.93. The number of aromatic nitrogens is 3. The van der Waals surface area contributed by atoms with Crippen LogP contribution in [0.1, 0.15) is 30.2 Å². The number of benzene rings is 1. The molecule has 5 nitrogen and oxygen atoms in total. The molecule has 1 aromatic carbocycles. The SMILES string of the molecule is Cn1cncc1C1CC(NCc2ccc(Cl)c3cccnc23)CCO1. The standard InChI is InChI=1S/C19H21ClN4O/c1-24-12-21-11-17(24)18-9-14(6-8-25-18)23-10-13-4-5-16(20)15-3-2-7-22-19(13)15/h2-5,7,11-12,14,18,23H,6,8-10H2,1H3. The second kappa shape index (κ2) is 7.12. The molecule has 1 aliphatic heterocycles. The second-order valence-corrected chi connectivity index (χ2v) is 6.90. The molecule has 0 spiro atoms. The molecular weight excluding hydrogens is 336 g/mol. The summed E-state index contributed by atoms with van der Waals surface area (Å²) in [4.78, 5) is 8.71. The average Bonchev–Trinajstić information content (AvgIpc) is 3.08. The highest BCUT2D eigenvalue weighted by Gasteiger charge is 2.25. The van der Waals surface area contributed by atoms with Gasteiger partial charge < -0.3 is 14.6 Å². The van der Waals surface area contributed by atoms with Gasteiger partial charge in [0.25, 0.3) is 0 Å². The normalized spacial score (nSPS) is 20.9. The first-order valence-electron chi connectivity index (χ1n) is 8.55. The van der Waals surface area contributed by atoms with Crippen molar-refractivity contribution in [2.45, 2.75) is 31.5 Å². The van der Waals surface area contributed by atoms with Crippen LogP contribution in [-0.2, 0) is 18.3 Å². The second-order valence-electron chi connectivity index (χ2n) is 6.50. The highest BCUT2D eigenvalue weighted by atomic mass is 35.5. The van der Waals surface area contributed by atoms with Gasteiger partial charge in [0.1, 0.15) is 6.10 Å². The number of fused-ring (bicyclic) bond motifs is 1. The Labute approximate surface area is 152 Å². The Kier molecular flexibility index (Phi) is 4.70. The molecule has 3 heterocycles. The van der Waals surface area contributed by atoms with Crippen LogP contribution in [0, 0.1) is 0 Å². The number of aryl methyl sites for hydroxylation is 1. The molecule has 0 radical (unpaired) electrons.